The van der Waals surface area contributed by atoms with E-state index in [1.54, 1.807) is 13.1 Å². The van der Waals surface area contributed by atoms with E-state index in [1.807, 2.05) is 13.8 Å². The number of aromatic nitrogens is 4. The van der Waals surface area contributed by atoms with Crippen molar-refractivity contribution in [1.29, 1.82) is 0 Å². The van der Waals surface area contributed by atoms with E-state index in [9.17, 15) is 28.1 Å². The summed E-state index contributed by atoms with van der Waals surface area (Å²) in [7, 11) is -2.13. The molecular weight excluding hydrogens is 608 g/mol. The number of nitrogens with zero attached hydrogens (tertiary/aromatic N) is 5. The molecule has 1 aliphatic heterocycles. The maximum absolute atomic E-state index is 13.5. The van der Waals surface area contributed by atoms with Crippen LogP contribution < -0.4 is 10.3 Å². The summed E-state index contributed by atoms with van der Waals surface area (Å²) in [6, 6.07) is 4.57. The first-order valence-corrected chi connectivity index (χ1v) is 16.6. The molecule has 16 heteroatoms. The van der Waals surface area contributed by atoms with Crippen LogP contribution in [0.25, 0.3) is 22.4 Å². The first kappa shape index (κ1) is 33.8. The second-order valence-corrected chi connectivity index (χ2v) is 12.9. The van der Waals surface area contributed by atoms with Gasteiger partial charge in [-0.05, 0) is 63.1 Å². The van der Waals surface area contributed by atoms with Gasteiger partial charge in [-0.15, -0.1) is 10.1 Å². The van der Waals surface area contributed by atoms with Gasteiger partial charge >= 0.3 is 5.97 Å². The van der Waals surface area contributed by atoms with Gasteiger partial charge in [0.1, 0.15) is 17.1 Å². The van der Waals surface area contributed by atoms with E-state index in [4.69, 9.17) is 14.5 Å². The zero-order valence-corrected chi connectivity index (χ0v) is 26.6. The molecule has 1 fully saturated rings. The number of ether oxygens (including phenoxy) is 2. The third-order valence-corrected chi connectivity index (χ3v) is 9.39. The van der Waals surface area contributed by atoms with Gasteiger partial charge in [-0.25, -0.2) is 13.4 Å². The number of esters is 1. The molecule has 0 amide bonds. The molecule has 1 aliphatic rings. The van der Waals surface area contributed by atoms with Gasteiger partial charge in [-0.1, -0.05) is 19.8 Å². The van der Waals surface area contributed by atoms with Gasteiger partial charge in [0.2, 0.25) is 10.0 Å². The predicted octanol–water partition coefficient (Wildman–Crippen LogP) is 3.39. The summed E-state index contributed by atoms with van der Waals surface area (Å²) < 4.78 is 41.0. The Hall–Kier alpha value is -4.05. The molecular formula is C29H40N6O9S. The van der Waals surface area contributed by atoms with Crippen molar-refractivity contribution >= 4 is 27.0 Å². The number of hydrogen-bond donors (Lipinski definition) is 1. The Morgan fingerprint density at radius 2 is 1.93 bits per heavy atom. The molecule has 0 unspecified atom stereocenters. The van der Waals surface area contributed by atoms with Gasteiger partial charge in [-0.3, -0.25) is 14.3 Å². The monoisotopic (exact) mass is 648 g/mol. The molecule has 246 valence electrons. The number of carbonyl (C=O) groups excluding carboxylic acids is 1. The highest BCUT2D eigenvalue weighted by Gasteiger charge is 2.36. The Labute approximate surface area is 261 Å². The molecule has 0 atom stereocenters. The quantitative estimate of drug-likeness (QED) is 0.0921. The first-order chi connectivity index (χ1) is 21.5. The summed E-state index contributed by atoms with van der Waals surface area (Å²) in [6.45, 7) is 5.13. The number of carbonyl (C=O) groups is 1. The Morgan fingerprint density at radius 1 is 1.16 bits per heavy atom. The Morgan fingerprint density at radius 3 is 2.64 bits per heavy atom. The molecule has 15 nitrogen and oxygen atoms in total. The fourth-order valence-corrected chi connectivity index (χ4v) is 6.90. The van der Waals surface area contributed by atoms with E-state index in [0.717, 1.165) is 6.42 Å². The van der Waals surface area contributed by atoms with Gasteiger partial charge in [0.05, 0.1) is 36.0 Å². The molecule has 0 saturated carbocycles. The van der Waals surface area contributed by atoms with Crippen molar-refractivity contribution in [3.8, 4) is 17.1 Å². The van der Waals surface area contributed by atoms with Crippen LogP contribution in [0.4, 0.5) is 0 Å². The molecule has 0 spiro atoms. The number of fused-ring (bicyclic) bond motifs is 1. The largest absolute Gasteiger partial charge is 0.493 e. The van der Waals surface area contributed by atoms with Gasteiger partial charge in [0.15, 0.2) is 5.52 Å². The third-order valence-electron chi connectivity index (χ3n) is 7.56. The maximum Gasteiger partial charge on any atom is 0.305 e. The van der Waals surface area contributed by atoms with Crippen LogP contribution in [-0.4, -0.2) is 76.4 Å². The number of rotatable bonds is 18. The van der Waals surface area contributed by atoms with E-state index in [2.05, 4.69) is 14.9 Å². The van der Waals surface area contributed by atoms with Crippen LogP contribution in [0.2, 0.25) is 0 Å². The smallest absolute Gasteiger partial charge is 0.305 e. The van der Waals surface area contributed by atoms with Crippen molar-refractivity contribution in [2.45, 2.75) is 70.1 Å². The first-order valence-electron chi connectivity index (χ1n) is 15.2. The lowest BCUT2D eigenvalue weighted by Gasteiger charge is -2.38. The molecule has 3 heterocycles. The number of aryl methyl sites for hydroxylation is 2. The number of unbranched alkanes of at least 4 members (excludes halogenated alkanes) is 2. The van der Waals surface area contributed by atoms with Crippen molar-refractivity contribution in [2.75, 3.05) is 32.9 Å². The van der Waals surface area contributed by atoms with E-state index in [1.165, 1.54) is 21.1 Å². The molecule has 45 heavy (non-hydrogen) atoms. The lowest BCUT2D eigenvalue weighted by molar-refractivity contribution is -0.757. The number of nitrogens with one attached hydrogen (secondary N) is 1. The summed E-state index contributed by atoms with van der Waals surface area (Å²) in [5.41, 5.74) is 1.52. The summed E-state index contributed by atoms with van der Waals surface area (Å²) in [4.78, 5) is 46.8. The second-order valence-electron chi connectivity index (χ2n) is 10.9. The van der Waals surface area contributed by atoms with Gasteiger partial charge in [0.25, 0.3) is 10.6 Å². The van der Waals surface area contributed by atoms with Crippen molar-refractivity contribution < 1.29 is 32.6 Å². The van der Waals surface area contributed by atoms with Crippen molar-refractivity contribution in [3.05, 3.63) is 44.4 Å². The third kappa shape index (κ3) is 8.36. The summed E-state index contributed by atoms with van der Waals surface area (Å²) in [5.74, 6) is 0.428. The summed E-state index contributed by atoms with van der Waals surface area (Å²) in [5, 5.41) is 13.7. The van der Waals surface area contributed by atoms with Gasteiger partial charge < -0.3 is 19.3 Å². The van der Waals surface area contributed by atoms with Crippen LogP contribution in [-0.2, 0) is 37.9 Å². The molecule has 3 aromatic rings. The molecule has 0 aliphatic carbocycles. The van der Waals surface area contributed by atoms with Crippen LogP contribution in [0.5, 0.6) is 5.75 Å². The minimum atomic E-state index is -3.82. The normalized spacial score (nSPS) is 13.9. The number of H-pyrrole nitrogens is 1. The Balaban J connectivity index is 1.35. The fraction of sp³-hybridized carbons (Fsp3) is 0.586. The van der Waals surface area contributed by atoms with Crippen molar-refractivity contribution in [2.24, 2.45) is 13.0 Å². The Kier molecular flexibility index (Phi) is 11.5. The average molecular weight is 649 g/mol. The molecule has 0 bridgehead atoms. The van der Waals surface area contributed by atoms with Gasteiger partial charge in [-0.2, -0.15) is 9.40 Å². The molecule has 1 saturated heterocycles. The molecule has 4 rings (SSSR count). The molecule has 2 aromatic heterocycles. The van der Waals surface area contributed by atoms with Crippen LogP contribution in [0.15, 0.2) is 27.9 Å². The minimum absolute atomic E-state index is 0.0102. The maximum atomic E-state index is 13.5. The fourth-order valence-electron chi connectivity index (χ4n) is 5.28. The van der Waals surface area contributed by atoms with E-state index < -0.39 is 15.1 Å². The van der Waals surface area contributed by atoms with E-state index in [-0.39, 0.29) is 47.8 Å². The SMILES string of the molecule is CCCc1nn(C)c2c(=O)[nH]c(-c3cc(S(=O)(=O)N4CC(CCCOC(=O)CCCCCO[N+](=O)[O-])C4)ccc3OCC)nc12. The highest BCUT2D eigenvalue weighted by Crippen LogP contribution is 2.34. The lowest BCUT2D eigenvalue weighted by Crippen LogP contribution is -2.49. The summed E-state index contributed by atoms with van der Waals surface area (Å²) in [6.07, 6.45) is 4.70. The average Bonchev–Trinajstić information content (AvgIpc) is 3.29. The predicted molar refractivity (Wildman–Crippen MR) is 164 cm³/mol. The van der Waals surface area contributed by atoms with Crippen LogP contribution in [0.3, 0.4) is 0 Å². The van der Waals surface area contributed by atoms with E-state index in [0.29, 0.717) is 86.3 Å². The van der Waals surface area contributed by atoms with Crippen LogP contribution in [0, 0.1) is 16.0 Å². The van der Waals surface area contributed by atoms with Crippen molar-refractivity contribution in [3.63, 3.8) is 0 Å². The zero-order chi connectivity index (χ0) is 32.6. The van der Waals surface area contributed by atoms with Crippen LogP contribution in [0.1, 0.15) is 64.5 Å². The molecule has 1 aromatic carbocycles. The Bertz CT molecular complexity index is 1660. The second kappa shape index (κ2) is 15.3. The number of hydrogen-bond acceptors (Lipinski definition) is 11. The minimum Gasteiger partial charge on any atom is -0.493 e. The number of benzene rings is 1. The van der Waals surface area contributed by atoms with Crippen LogP contribution >= 0.6 is 0 Å². The lowest BCUT2D eigenvalue weighted by atomic mass is 9.98. The zero-order valence-electron chi connectivity index (χ0n) is 25.8. The number of sulfonamides is 1. The molecule has 1 N–H and O–H groups in total. The highest BCUT2D eigenvalue weighted by molar-refractivity contribution is 7.89. The van der Waals surface area contributed by atoms with Gasteiger partial charge in [0, 0.05) is 26.6 Å². The van der Waals surface area contributed by atoms with Crippen molar-refractivity contribution in [1.82, 2.24) is 24.1 Å². The summed E-state index contributed by atoms with van der Waals surface area (Å²) >= 11 is 0. The topological polar surface area (TPSA) is 189 Å². The number of aromatic amines is 1. The van der Waals surface area contributed by atoms with E-state index >= 15 is 0 Å². The standard InChI is InChI=1S/C29H40N6O9S/c1-4-10-23-26-27(33(3)32-23)29(37)31-28(30-26)22-17-21(13-14-24(22)42-5-2)45(40,41)34-18-20(19-34)11-9-15-43-25(36)12-7-6-8-16-44-35(38)39/h13-14,17,20H,4-12,15-16,18-19H2,1-3H3,(H,30,31,37). The molecule has 0 radical (unpaired) electrons. The highest BCUT2D eigenvalue weighted by atomic mass is 32.2.